The first-order chi connectivity index (χ1) is 14.0. The number of para-hydroxylation sites is 1. The average molecular weight is 433 g/mol. The number of urea groups is 1. The van der Waals surface area contributed by atoms with Crippen molar-refractivity contribution in [3.63, 3.8) is 0 Å². The Morgan fingerprint density at radius 1 is 1.13 bits per heavy atom. The largest absolute Gasteiger partial charge is 0.457 e. The Morgan fingerprint density at radius 3 is 2.47 bits per heavy atom. The summed E-state index contributed by atoms with van der Waals surface area (Å²) in [6, 6.07) is 15.8. The maximum absolute atomic E-state index is 12.9. The number of halogens is 1. The van der Waals surface area contributed by atoms with Crippen LogP contribution in [0.2, 0.25) is 0 Å². The molecular formula is C22H29ClN4O3. The van der Waals surface area contributed by atoms with Gasteiger partial charge in [0.15, 0.2) is 0 Å². The number of nitrogens with one attached hydrogen (secondary N) is 2. The summed E-state index contributed by atoms with van der Waals surface area (Å²) < 4.78 is 5.88. The first-order valence-corrected chi connectivity index (χ1v) is 9.88. The second-order valence-corrected chi connectivity index (χ2v) is 7.24. The van der Waals surface area contributed by atoms with Gasteiger partial charge in [-0.3, -0.25) is 4.79 Å². The van der Waals surface area contributed by atoms with E-state index in [0.717, 1.165) is 31.5 Å². The number of amides is 3. The van der Waals surface area contributed by atoms with Crippen LogP contribution in [-0.4, -0.2) is 43.0 Å². The molecule has 0 saturated carbocycles. The molecule has 0 bridgehead atoms. The zero-order chi connectivity index (χ0) is 20.6. The van der Waals surface area contributed by atoms with Gasteiger partial charge in [0.05, 0.1) is 12.5 Å². The zero-order valence-electron chi connectivity index (χ0n) is 17.0. The van der Waals surface area contributed by atoms with E-state index < -0.39 is 12.1 Å². The minimum Gasteiger partial charge on any atom is -0.457 e. The average Bonchev–Trinajstić information content (AvgIpc) is 2.74. The van der Waals surface area contributed by atoms with Crippen LogP contribution in [0, 0.1) is 0 Å². The van der Waals surface area contributed by atoms with Gasteiger partial charge in [-0.25, -0.2) is 4.79 Å². The van der Waals surface area contributed by atoms with E-state index in [1.165, 1.54) is 0 Å². The molecule has 0 aliphatic carbocycles. The van der Waals surface area contributed by atoms with Gasteiger partial charge in [0.2, 0.25) is 5.91 Å². The monoisotopic (exact) mass is 432 g/mol. The lowest BCUT2D eigenvalue weighted by molar-refractivity contribution is -0.132. The van der Waals surface area contributed by atoms with Gasteiger partial charge in [-0.15, -0.1) is 12.4 Å². The van der Waals surface area contributed by atoms with Gasteiger partial charge in [-0.05, 0) is 55.8 Å². The van der Waals surface area contributed by atoms with Crippen LogP contribution in [0.1, 0.15) is 30.9 Å². The maximum Gasteiger partial charge on any atom is 0.312 e. The van der Waals surface area contributed by atoms with Crippen molar-refractivity contribution >= 4 is 24.3 Å². The number of piperidine rings is 1. The molecule has 7 nitrogen and oxygen atoms in total. The third-order valence-corrected chi connectivity index (χ3v) is 5.18. The number of carbonyl (C=O) groups excluding carboxylic acids is 2. The van der Waals surface area contributed by atoms with Gasteiger partial charge in [0.25, 0.3) is 0 Å². The summed E-state index contributed by atoms with van der Waals surface area (Å²) in [4.78, 5) is 26.2. The molecular weight excluding hydrogens is 404 g/mol. The quantitative estimate of drug-likeness (QED) is 0.625. The lowest BCUT2D eigenvalue weighted by Crippen LogP contribution is -2.45. The van der Waals surface area contributed by atoms with Crippen LogP contribution in [0.15, 0.2) is 54.6 Å². The van der Waals surface area contributed by atoms with Crippen molar-refractivity contribution in [3.05, 3.63) is 60.2 Å². The van der Waals surface area contributed by atoms with E-state index >= 15 is 0 Å². The molecule has 8 heteroatoms. The molecule has 2 aromatic rings. The smallest absolute Gasteiger partial charge is 0.312 e. The van der Waals surface area contributed by atoms with E-state index in [1.807, 2.05) is 61.6 Å². The summed E-state index contributed by atoms with van der Waals surface area (Å²) in [5, 5.41) is 6.00. The van der Waals surface area contributed by atoms with Gasteiger partial charge < -0.3 is 26.0 Å². The maximum atomic E-state index is 12.9. The summed E-state index contributed by atoms with van der Waals surface area (Å²) in [6.07, 6.45) is 1.99. The highest BCUT2D eigenvalue weighted by molar-refractivity contribution is 5.85. The SMILES string of the molecule is CN(C(=O)CC(NC(N)=O)c1cccc(Oc2ccccc2)c1)C1CCNCC1.Cl. The third-order valence-electron chi connectivity index (χ3n) is 5.18. The van der Waals surface area contributed by atoms with E-state index in [4.69, 9.17) is 10.5 Å². The third kappa shape index (κ3) is 6.64. The summed E-state index contributed by atoms with van der Waals surface area (Å²) in [5.74, 6) is 1.32. The summed E-state index contributed by atoms with van der Waals surface area (Å²) >= 11 is 0. The summed E-state index contributed by atoms with van der Waals surface area (Å²) in [6.45, 7) is 1.81. The fourth-order valence-corrected chi connectivity index (χ4v) is 3.56. The number of hydrogen-bond donors (Lipinski definition) is 3. The number of rotatable bonds is 7. The molecule has 4 N–H and O–H groups in total. The molecule has 2 aromatic carbocycles. The van der Waals surface area contributed by atoms with E-state index in [9.17, 15) is 9.59 Å². The van der Waals surface area contributed by atoms with E-state index in [-0.39, 0.29) is 30.8 Å². The number of hydrogen-bond acceptors (Lipinski definition) is 4. The minimum absolute atomic E-state index is 0. The topological polar surface area (TPSA) is 96.7 Å². The van der Waals surface area contributed by atoms with Crippen molar-refractivity contribution in [1.29, 1.82) is 0 Å². The van der Waals surface area contributed by atoms with Crippen LogP contribution < -0.4 is 21.1 Å². The van der Waals surface area contributed by atoms with Crippen LogP contribution in [0.25, 0.3) is 0 Å². The Bertz CT molecular complexity index is 828. The predicted molar refractivity (Wildman–Crippen MR) is 119 cm³/mol. The molecule has 1 saturated heterocycles. The van der Waals surface area contributed by atoms with Gasteiger partial charge in [-0.1, -0.05) is 30.3 Å². The Labute approximate surface area is 183 Å². The van der Waals surface area contributed by atoms with Crippen LogP contribution in [0.4, 0.5) is 4.79 Å². The van der Waals surface area contributed by atoms with Gasteiger partial charge in [0.1, 0.15) is 11.5 Å². The zero-order valence-corrected chi connectivity index (χ0v) is 17.9. The molecule has 1 aliphatic rings. The number of nitrogens with two attached hydrogens (primary N) is 1. The Balaban J connectivity index is 0.00000320. The normalized spacial score (nSPS) is 14.8. The molecule has 162 valence electrons. The molecule has 1 aliphatic heterocycles. The first kappa shape index (κ1) is 23.5. The van der Waals surface area contributed by atoms with Gasteiger partial charge in [-0.2, -0.15) is 0 Å². The van der Waals surface area contributed by atoms with Crippen LogP contribution in [-0.2, 0) is 4.79 Å². The number of benzene rings is 2. The number of nitrogens with zero attached hydrogens (tertiary/aromatic N) is 1. The van der Waals surface area contributed by atoms with E-state index in [0.29, 0.717) is 11.5 Å². The number of carbonyl (C=O) groups is 2. The molecule has 1 fully saturated rings. The molecule has 3 rings (SSSR count). The van der Waals surface area contributed by atoms with Crippen molar-refractivity contribution in [2.24, 2.45) is 5.73 Å². The van der Waals surface area contributed by atoms with Crippen molar-refractivity contribution in [2.45, 2.75) is 31.3 Å². The highest BCUT2D eigenvalue weighted by atomic mass is 35.5. The summed E-state index contributed by atoms with van der Waals surface area (Å²) in [7, 11) is 1.83. The fourth-order valence-electron chi connectivity index (χ4n) is 3.56. The molecule has 1 heterocycles. The molecule has 1 unspecified atom stereocenters. The van der Waals surface area contributed by atoms with Crippen LogP contribution in [0.3, 0.4) is 0 Å². The van der Waals surface area contributed by atoms with Crippen molar-refractivity contribution in [3.8, 4) is 11.5 Å². The second kappa shape index (κ2) is 11.4. The molecule has 30 heavy (non-hydrogen) atoms. The lowest BCUT2D eigenvalue weighted by atomic mass is 10.0. The lowest BCUT2D eigenvalue weighted by Gasteiger charge is -2.32. The van der Waals surface area contributed by atoms with Gasteiger partial charge in [0, 0.05) is 13.1 Å². The van der Waals surface area contributed by atoms with Crippen molar-refractivity contribution in [2.75, 3.05) is 20.1 Å². The standard InChI is InChI=1S/C22H28N4O3.ClH/c1-26(17-10-12-24-13-11-17)21(27)15-20(25-22(23)28)16-6-5-9-19(14-16)29-18-7-3-2-4-8-18;/h2-9,14,17,20,24H,10-13,15H2,1H3,(H3,23,25,28);1H. The Kier molecular flexibility index (Phi) is 8.95. The fraction of sp³-hybridized carbons (Fsp3) is 0.364. The molecule has 3 amide bonds. The number of primary amides is 1. The molecule has 0 spiro atoms. The predicted octanol–water partition coefficient (Wildman–Crippen LogP) is 3.21. The van der Waals surface area contributed by atoms with Crippen LogP contribution in [0.5, 0.6) is 11.5 Å². The molecule has 0 aromatic heterocycles. The van der Waals surface area contributed by atoms with Crippen LogP contribution >= 0.6 is 12.4 Å². The highest BCUT2D eigenvalue weighted by Gasteiger charge is 2.25. The summed E-state index contributed by atoms with van der Waals surface area (Å²) in [5.41, 5.74) is 6.14. The van der Waals surface area contributed by atoms with Gasteiger partial charge >= 0.3 is 6.03 Å². The van der Waals surface area contributed by atoms with E-state index in [2.05, 4.69) is 10.6 Å². The molecule has 1 atom stereocenters. The number of ether oxygens (including phenoxy) is 1. The highest BCUT2D eigenvalue weighted by Crippen LogP contribution is 2.26. The minimum atomic E-state index is -0.665. The molecule has 0 radical (unpaired) electrons. The van der Waals surface area contributed by atoms with Crippen molar-refractivity contribution < 1.29 is 14.3 Å². The van der Waals surface area contributed by atoms with Crippen molar-refractivity contribution in [1.82, 2.24) is 15.5 Å². The second-order valence-electron chi connectivity index (χ2n) is 7.24. The first-order valence-electron chi connectivity index (χ1n) is 9.88. The Hall–Kier alpha value is -2.77. The Morgan fingerprint density at radius 2 is 1.80 bits per heavy atom. The van der Waals surface area contributed by atoms with E-state index in [1.54, 1.807) is 4.90 Å².